The van der Waals surface area contributed by atoms with Crippen molar-refractivity contribution in [1.82, 2.24) is 10.6 Å². The highest BCUT2D eigenvalue weighted by atomic mass is 19.1. The predicted octanol–water partition coefficient (Wildman–Crippen LogP) is 2.08. The molecule has 1 unspecified atom stereocenters. The van der Waals surface area contributed by atoms with Crippen molar-refractivity contribution in [3.63, 3.8) is 0 Å². The van der Waals surface area contributed by atoms with E-state index in [-0.39, 0.29) is 17.8 Å². The van der Waals surface area contributed by atoms with E-state index in [4.69, 9.17) is 0 Å². The van der Waals surface area contributed by atoms with Crippen molar-refractivity contribution in [3.05, 3.63) is 35.6 Å². The first-order chi connectivity index (χ1) is 8.54. The molecule has 3 nitrogen and oxygen atoms in total. The molecule has 1 rings (SSSR count). The van der Waals surface area contributed by atoms with E-state index in [1.54, 1.807) is 25.2 Å². The number of hydrogen-bond acceptors (Lipinski definition) is 2. The van der Waals surface area contributed by atoms with Crippen LogP contribution in [0.4, 0.5) is 4.39 Å². The largest absolute Gasteiger partial charge is 0.358 e. The van der Waals surface area contributed by atoms with Crippen molar-refractivity contribution < 1.29 is 9.18 Å². The van der Waals surface area contributed by atoms with Crippen molar-refractivity contribution >= 4 is 5.91 Å². The molecule has 0 heterocycles. The fourth-order valence-electron chi connectivity index (χ4n) is 1.80. The number of likely N-dealkylation sites (N-methyl/N-ethyl adjacent to an activating group) is 1. The second-order valence-electron chi connectivity index (χ2n) is 4.77. The highest BCUT2D eigenvalue weighted by Crippen LogP contribution is 2.09. The molecule has 0 fully saturated rings. The zero-order chi connectivity index (χ0) is 13.5. The SMILES string of the molecule is CNC(=O)C(CC(C)C)NCc1ccccc1F. The van der Waals surface area contributed by atoms with Gasteiger partial charge in [0, 0.05) is 19.2 Å². The molecule has 0 aliphatic heterocycles. The van der Waals surface area contributed by atoms with E-state index in [0.29, 0.717) is 18.0 Å². The van der Waals surface area contributed by atoms with Crippen molar-refractivity contribution in [1.29, 1.82) is 0 Å². The van der Waals surface area contributed by atoms with Crippen LogP contribution in [-0.4, -0.2) is 19.0 Å². The van der Waals surface area contributed by atoms with Gasteiger partial charge in [-0.15, -0.1) is 0 Å². The molecule has 4 heteroatoms. The number of amides is 1. The summed E-state index contributed by atoms with van der Waals surface area (Å²) in [5.41, 5.74) is 0.579. The number of carbonyl (C=O) groups excluding carboxylic acids is 1. The Balaban J connectivity index is 2.62. The zero-order valence-corrected chi connectivity index (χ0v) is 11.2. The molecule has 1 aromatic carbocycles. The van der Waals surface area contributed by atoms with Crippen molar-refractivity contribution in [2.45, 2.75) is 32.9 Å². The van der Waals surface area contributed by atoms with E-state index in [9.17, 15) is 9.18 Å². The molecule has 18 heavy (non-hydrogen) atoms. The number of nitrogens with one attached hydrogen (secondary N) is 2. The first-order valence-corrected chi connectivity index (χ1v) is 6.23. The number of rotatable bonds is 6. The van der Waals surface area contributed by atoms with Crippen LogP contribution < -0.4 is 10.6 Å². The minimum atomic E-state index is -0.283. The maximum atomic E-state index is 13.4. The van der Waals surface area contributed by atoms with E-state index in [1.807, 2.05) is 0 Å². The van der Waals surface area contributed by atoms with Crippen LogP contribution in [0.3, 0.4) is 0 Å². The molecule has 0 spiro atoms. The normalized spacial score (nSPS) is 12.5. The Morgan fingerprint density at radius 1 is 1.33 bits per heavy atom. The van der Waals surface area contributed by atoms with Crippen LogP contribution in [0.2, 0.25) is 0 Å². The van der Waals surface area contributed by atoms with Gasteiger partial charge < -0.3 is 10.6 Å². The van der Waals surface area contributed by atoms with E-state index in [2.05, 4.69) is 24.5 Å². The van der Waals surface area contributed by atoms with Gasteiger partial charge in [-0.3, -0.25) is 4.79 Å². The molecule has 0 aliphatic carbocycles. The van der Waals surface area contributed by atoms with Crippen LogP contribution in [0.25, 0.3) is 0 Å². The molecule has 1 atom stereocenters. The average Bonchev–Trinajstić information content (AvgIpc) is 2.34. The number of benzene rings is 1. The maximum absolute atomic E-state index is 13.4. The topological polar surface area (TPSA) is 41.1 Å². The Morgan fingerprint density at radius 3 is 2.56 bits per heavy atom. The molecule has 100 valence electrons. The van der Waals surface area contributed by atoms with Gasteiger partial charge in [0.25, 0.3) is 0 Å². The first kappa shape index (κ1) is 14.6. The van der Waals surface area contributed by atoms with Gasteiger partial charge in [0.2, 0.25) is 5.91 Å². The minimum absolute atomic E-state index is 0.0555. The molecule has 2 N–H and O–H groups in total. The molecular formula is C14H21FN2O. The molecule has 0 aromatic heterocycles. The van der Waals surface area contributed by atoms with Crippen LogP contribution in [0.15, 0.2) is 24.3 Å². The third-order valence-corrected chi connectivity index (χ3v) is 2.77. The third-order valence-electron chi connectivity index (χ3n) is 2.77. The number of halogens is 1. The van der Waals surface area contributed by atoms with Crippen LogP contribution in [0.5, 0.6) is 0 Å². The second-order valence-corrected chi connectivity index (χ2v) is 4.77. The van der Waals surface area contributed by atoms with Crippen molar-refractivity contribution in [3.8, 4) is 0 Å². The summed E-state index contributed by atoms with van der Waals surface area (Å²) in [6.07, 6.45) is 0.730. The number of carbonyl (C=O) groups is 1. The van der Waals surface area contributed by atoms with Gasteiger partial charge in [0.05, 0.1) is 6.04 Å². The predicted molar refractivity (Wildman–Crippen MR) is 70.5 cm³/mol. The summed E-state index contributed by atoms with van der Waals surface area (Å²) in [6, 6.07) is 6.31. The maximum Gasteiger partial charge on any atom is 0.236 e. The van der Waals surface area contributed by atoms with Gasteiger partial charge >= 0.3 is 0 Å². The second kappa shape index (κ2) is 7.11. The fraction of sp³-hybridized carbons (Fsp3) is 0.500. The highest BCUT2D eigenvalue weighted by Gasteiger charge is 2.18. The van der Waals surface area contributed by atoms with E-state index >= 15 is 0 Å². The Labute approximate surface area is 108 Å². The smallest absolute Gasteiger partial charge is 0.236 e. The summed E-state index contributed by atoms with van der Waals surface area (Å²) in [5.74, 6) is 0.102. The van der Waals surface area contributed by atoms with Gasteiger partial charge in [0.1, 0.15) is 5.82 Å². The van der Waals surface area contributed by atoms with Crippen LogP contribution in [0.1, 0.15) is 25.8 Å². The van der Waals surface area contributed by atoms with E-state index in [0.717, 1.165) is 6.42 Å². The summed E-state index contributed by atoms with van der Waals surface area (Å²) in [7, 11) is 1.61. The fourth-order valence-corrected chi connectivity index (χ4v) is 1.80. The molecule has 0 saturated carbocycles. The quantitative estimate of drug-likeness (QED) is 0.814. The lowest BCUT2D eigenvalue weighted by Crippen LogP contribution is -2.43. The molecule has 1 amide bonds. The van der Waals surface area contributed by atoms with Gasteiger partial charge in [-0.05, 0) is 18.4 Å². The van der Waals surface area contributed by atoms with E-state index < -0.39 is 0 Å². The molecule has 0 aliphatic rings. The minimum Gasteiger partial charge on any atom is -0.358 e. The van der Waals surface area contributed by atoms with Crippen molar-refractivity contribution in [2.75, 3.05) is 7.05 Å². The van der Waals surface area contributed by atoms with Gasteiger partial charge in [-0.25, -0.2) is 4.39 Å². The molecule has 1 aromatic rings. The molecule has 0 bridgehead atoms. The summed E-state index contributed by atoms with van der Waals surface area (Å²) in [5, 5.41) is 5.73. The summed E-state index contributed by atoms with van der Waals surface area (Å²) in [4.78, 5) is 11.7. The molecule has 0 saturated heterocycles. The summed E-state index contributed by atoms with van der Waals surface area (Å²) in [6.45, 7) is 4.47. The lowest BCUT2D eigenvalue weighted by molar-refractivity contribution is -0.123. The van der Waals surface area contributed by atoms with Crippen LogP contribution in [0, 0.1) is 11.7 Å². The van der Waals surface area contributed by atoms with Gasteiger partial charge in [-0.1, -0.05) is 32.0 Å². The summed E-state index contributed by atoms with van der Waals surface area (Å²) >= 11 is 0. The first-order valence-electron chi connectivity index (χ1n) is 6.23. The monoisotopic (exact) mass is 252 g/mol. The molecule has 0 radical (unpaired) electrons. The van der Waals surface area contributed by atoms with Crippen LogP contribution >= 0.6 is 0 Å². The highest BCUT2D eigenvalue weighted by molar-refractivity contribution is 5.81. The Bertz CT molecular complexity index is 393. The summed E-state index contributed by atoms with van der Waals surface area (Å²) < 4.78 is 13.4. The lowest BCUT2D eigenvalue weighted by Gasteiger charge is -2.19. The van der Waals surface area contributed by atoms with E-state index in [1.165, 1.54) is 6.07 Å². The number of hydrogen-bond donors (Lipinski definition) is 2. The van der Waals surface area contributed by atoms with Gasteiger partial charge in [-0.2, -0.15) is 0 Å². The average molecular weight is 252 g/mol. The standard InChI is InChI=1S/C14H21FN2O/c1-10(2)8-13(14(18)16-3)17-9-11-6-4-5-7-12(11)15/h4-7,10,13,17H,8-9H2,1-3H3,(H,16,18). The van der Waals surface area contributed by atoms with Gasteiger partial charge in [0.15, 0.2) is 0 Å². The Kier molecular flexibility index (Phi) is 5.78. The Hall–Kier alpha value is -1.42. The van der Waals surface area contributed by atoms with Crippen molar-refractivity contribution in [2.24, 2.45) is 5.92 Å². The zero-order valence-electron chi connectivity index (χ0n) is 11.2. The van der Waals surface area contributed by atoms with Crippen LogP contribution in [-0.2, 0) is 11.3 Å². The lowest BCUT2D eigenvalue weighted by atomic mass is 10.0. The molecular weight excluding hydrogens is 231 g/mol. The third kappa shape index (κ3) is 4.45. The Morgan fingerprint density at radius 2 is 2.00 bits per heavy atom.